The highest BCUT2D eigenvalue weighted by Crippen LogP contribution is 2.24. The molecule has 0 fully saturated rings. The fraction of sp³-hybridized carbons (Fsp3) is 0.375. The molecular weight excluding hydrogens is 302 g/mol. The zero-order chi connectivity index (χ0) is 11.6. The molecular formula is C8H10BrNO3S2. The van der Waals surface area contributed by atoms with Crippen molar-refractivity contribution in [1.82, 2.24) is 0 Å². The minimum atomic E-state index is -3.48. The predicted molar refractivity (Wildman–Crippen MR) is 63.3 cm³/mol. The third-order valence-electron chi connectivity index (χ3n) is 1.91. The first-order valence-electron chi connectivity index (χ1n) is 4.08. The average molecular weight is 312 g/mol. The minimum absolute atomic E-state index is 0.145. The van der Waals surface area contributed by atoms with E-state index in [-0.39, 0.29) is 5.75 Å². The lowest BCUT2D eigenvalue weighted by molar-refractivity contribution is -0.117. The summed E-state index contributed by atoms with van der Waals surface area (Å²) in [7, 11) is -3.48. The van der Waals surface area contributed by atoms with Crippen LogP contribution in [0.2, 0.25) is 0 Å². The molecule has 15 heavy (non-hydrogen) atoms. The molecule has 0 aliphatic heterocycles. The summed E-state index contributed by atoms with van der Waals surface area (Å²) in [6.07, 6.45) is 0. The molecule has 0 aliphatic rings. The van der Waals surface area contributed by atoms with Gasteiger partial charge in [0.25, 0.3) is 0 Å². The van der Waals surface area contributed by atoms with Gasteiger partial charge in [-0.3, -0.25) is 4.79 Å². The van der Waals surface area contributed by atoms with Crippen molar-refractivity contribution in [2.24, 2.45) is 5.73 Å². The van der Waals surface area contributed by atoms with E-state index < -0.39 is 21.0 Å². The smallest absolute Gasteiger partial charge is 0.235 e. The summed E-state index contributed by atoms with van der Waals surface area (Å²) in [5.41, 5.74) is 4.96. The Morgan fingerprint density at radius 2 is 2.20 bits per heavy atom. The second kappa shape index (κ2) is 4.63. The predicted octanol–water partition coefficient (Wildman–Crippen LogP) is 1.30. The fourth-order valence-corrected chi connectivity index (χ4v) is 4.03. The Morgan fingerprint density at radius 1 is 1.60 bits per heavy atom. The summed E-state index contributed by atoms with van der Waals surface area (Å²) >= 11 is 4.57. The largest absolute Gasteiger partial charge is 0.369 e. The van der Waals surface area contributed by atoms with E-state index >= 15 is 0 Å². The quantitative estimate of drug-likeness (QED) is 0.910. The van der Waals surface area contributed by atoms with Crippen LogP contribution in [0.25, 0.3) is 0 Å². The molecule has 0 bridgehead atoms. The maximum atomic E-state index is 11.6. The molecule has 0 aromatic carbocycles. The van der Waals surface area contributed by atoms with Crippen LogP contribution in [0.15, 0.2) is 15.9 Å². The van der Waals surface area contributed by atoms with Crippen LogP contribution in [0.5, 0.6) is 0 Å². The second-order valence-electron chi connectivity index (χ2n) is 3.06. The molecule has 2 N–H and O–H groups in total. The Balaban J connectivity index is 2.86. The van der Waals surface area contributed by atoms with Gasteiger partial charge in [-0.25, -0.2) is 8.42 Å². The molecule has 1 heterocycles. The van der Waals surface area contributed by atoms with Crippen LogP contribution in [-0.4, -0.2) is 19.6 Å². The first-order chi connectivity index (χ1) is 6.83. The maximum absolute atomic E-state index is 11.6. The summed E-state index contributed by atoms with van der Waals surface area (Å²) in [5.74, 6) is -0.960. The fourth-order valence-electron chi connectivity index (χ4n) is 0.930. The van der Waals surface area contributed by atoms with Crippen molar-refractivity contribution in [3.63, 3.8) is 0 Å². The van der Waals surface area contributed by atoms with Crippen LogP contribution in [-0.2, 0) is 20.4 Å². The molecule has 1 aromatic heterocycles. The molecule has 0 saturated carbocycles. The number of halogens is 1. The van der Waals surface area contributed by atoms with Crippen molar-refractivity contribution in [1.29, 1.82) is 0 Å². The molecule has 7 heteroatoms. The SMILES string of the molecule is CC(C(N)=O)S(=O)(=O)Cc1ccc(Br)s1. The molecule has 1 aromatic rings. The summed E-state index contributed by atoms with van der Waals surface area (Å²) < 4.78 is 24.1. The van der Waals surface area contributed by atoms with Crippen molar-refractivity contribution in [3.8, 4) is 0 Å². The Labute approximate surface area is 101 Å². The van der Waals surface area contributed by atoms with E-state index in [1.54, 1.807) is 12.1 Å². The molecule has 84 valence electrons. The third-order valence-corrected chi connectivity index (χ3v) is 5.74. The van der Waals surface area contributed by atoms with Crippen LogP contribution in [0.1, 0.15) is 11.8 Å². The highest BCUT2D eigenvalue weighted by molar-refractivity contribution is 9.11. The molecule has 0 radical (unpaired) electrons. The van der Waals surface area contributed by atoms with Gasteiger partial charge in [0.15, 0.2) is 9.84 Å². The lowest BCUT2D eigenvalue weighted by atomic mass is 10.5. The van der Waals surface area contributed by atoms with Gasteiger partial charge in [-0.05, 0) is 35.0 Å². The van der Waals surface area contributed by atoms with Gasteiger partial charge in [0, 0.05) is 4.88 Å². The number of sulfone groups is 1. The van der Waals surface area contributed by atoms with E-state index in [9.17, 15) is 13.2 Å². The topological polar surface area (TPSA) is 77.2 Å². The highest BCUT2D eigenvalue weighted by Gasteiger charge is 2.26. The zero-order valence-electron chi connectivity index (χ0n) is 7.94. The summed E-state index contributed by atoms with van der Waals surface area (Å²) in [6, 6.07) is 3.48. The average Bonchev–Trinajstić information content (AvgIpc) is 2.48. The molecule has 0 aliphatic carbocycles. The first kappa shape index (κ1) is 12.7. The standard InChI is InChI=1S/C8H10BrNO3S2/c1-5(8(10)11)15(12,13)4-6-2-3-7(9)14-6/h2-3,5H,4H2,1H3,(H2,10,11). The van der Waals surface area contributed by atoms with Gasteiger partial charge < -0.3 is 5.73 Å². The van der Waals surface area contributed by atoms with Gasteiger partial charge >= 0.3 is 0 Å². The number of carbonyl (C=O) groups excluding carboxylic acids is 1. The van der Waals surface area contributed by atoms with E-state index in [1.165, 1.54) is 18.3 Å². The normalized spacial score (nSPS) is 13.7. The Morgan fingerprint density at radius 3 is 2.60 bits per heavy atom. The number of carbonyl (C=O) groups is 1. The van der Waals surface area contributed by atoms with E-state index in [1.807, 2.05) is 0 Å². The van der Waals surface area contributed by atoms with Crippen LogP contribution in [0.4, 0.5) is 0 Å². The van der Waals surface area contributed by atoms with Crippen molar-refractivity contribution >= 4 is 43.0 Å². The number of rotatable bonds is 4. The van der Waals surface area contributed by atoms with Crippen LogP contribution < -0.4 is 5.73 Å². The highest BCUT2D eigenvalue weighted by atomic mass is 79.9. The lowest BCUT2D eigenvalue weighted by Gasteiger charge is -2.07. The molecule has 0 saturated heterocycles. The van der Waals surface area contributed by atoms with Gasteiger partial charge in [-0.1, -0.05) is 0 Å². The lowest BCUT2D eigenvalue weighted by Crippen LogP contribution is -2.33. The van der Waals surface area contributed by atoms with E-state index in [2.05, 4.69) is 15.9 Å². The third kappa shape index (κ3) is 3.29. The van der Waals surface area contributed by atoms with Gasteiger partial charge in [-0.2, -0.15) is 0 Å². The van der Waals surface area contributed by atoms with E-state index in [0.29, 0.717) is 4.88 Å². The number of hydrogen-bond acceptors (Lipinski definition) is 4. The zero-order valence-corrected chi connectivity index (χ0v) is 11.2. The Hall–Kier alpha value is -0.400. The number of thiophene rings is 1. The van der Waals surface area contributed by atoms with E-state index in [0.717, 1.165) is 3.79 Å². The maximum Gasteiger partial charge on any atom is 0.235 e. The molecule has 1 atom stereocenters. The Kier molecular flexibility index (Phi) is 3.91. The number of hydrogen-bond donors (Lipinski definition) is 1. The summed E-state index contributed by atoms with van der Waals surface area (Å²) in [6.45, 7) is 1.31. The van der Waals surface area contributed by atoms with Crippen molar-refractivity contribution in [3.05, 3.63) is 20.8 Å². The molecule has 1 unspecified atom stereocenters. The number of amides is 1. The van der Waals surface area contributed by atoms with Crippen LogP contribution >= 0.6 is 27.3 Å². The summed E-state index contributed by atoms with van der Waals surface area (Å²) in [4.78, 5) is 11.5. The Bertz CT molecular complexity index is 466. The van der Waals surface area contributed by atoms with Gasteiger partial charge in [0.2, 0.25) is 5.91 Å². The van der Waals surface area contributed by atoms with Crippen molar-refractivity contribution in [2.75, 3.05) is 0 Å². The monoisotopic (exact) mass is 311 g/mol. The van der Waals surface area contributed by atoms with Gasteiger partial charge in [0.05, 0.1) is 9.54 Å². The van der Waals surface area contributed by atoms with E-state index in [4.69, 9.17) is 5.73 Å². The minimum Gasteiger partial charge on any atom is -0.369 e. The van der Waals surface area contributed by atoms with Crippen molar-refractivity contribution in [2.45, 2.75) is 17.9 Å². The van der Waals surface area contributed by atoms with Crippen molar-refractivity contribution < 1.29 is 13.2 Å². The molecule has 1 rings (SSSR count). The second-order valence-corrected chi connectivity index (χ2v) is 7.93. The molecule has 0 spiro atoms. The summed E-state index contributed by atoms with van der Waals surface area (Å²) in [5, 5.41) is -1.14. The van der Waals surface area contributed by atoms with Gasteiger partial charge in [-0.15, -0.1) is 11.3 Å². The molecule has 1 amide bonds. The first-order valence-corrected chi connectivity index (χ1v) is 7.40. The van der Waals surface area contributed by atoms with Crippen LogP contribution in [0, 0.1) is 0 Å². The number of primary amides is 1. The molecule has 4 nitrogen and oxygen atoms in total. The number of nitrogens with two attached hydrogens (primary N) is 1. The van der Waals surface area contributed by atoms with Crippen LogP contribution in [0.3, 0.4) is 0 Å². The van der Waals surface area contributed by atoms with Gasteiger partial charge in [0.1, 0.15) is 5.25 Å².